The van der Waals surface area contributed by atoms with Crippen LogP contribution in [0.1, 0.15) is 10.8 Å². The number of fused-ring (bicyclic) bond motifs is 1. The van der Waals surface area contributed by atoms with Crippen molar-refractivity contribution in [2.75, 3.05) is 5.75 Å². The molecule has 0 N–H and O–H groups in total. The lowest BCUT2D eigenvalue weighted by atomic mass is 10.2. The van der Waals surface area contributed by atoms with E-state index >= 15 is 0 Å². The second-order valence-electron chi connectivity index (χ2n) is 4.28. The molecule has 1 aromatic heterocycles. The maximum Gasteiger partial charge on any atom is 0.195 e. The molecule has 0 unspecified atom stereocenters. The molecule has 19 heavy (non-hydrogen) atoms. The average molecular weight is 314 g/mol. The van der Waals surface area contributed by atoms with Crippen LogP contribution in [0.15, 0.2) is 50.9 Å². The van der Waals surface area contributed by atoms with Crippen LogP contribution in [0.5, 0.6) is 0 Å². The fraction of sp³-hybridized carbons (Fsp3) is 0.167. The van der Waals surface area contributed by atoms with Crippen molar-refractivity contribution in [1.29, 1.82) is 0 Å². The molecule has 2 aromatic rings. The van der Waals surface area contributed by atoms with E-state index in [9.17, 15) is 16.8 Å². The minimum absolute atomic E-state index is 0.139. The Kier molecular flexibility index (Phi) is 2.81. The van der Waals surface area contributed by atoms with Gasteiger partial charge in [-0.15, -0.1) is 11.3 Å². The Hall–Kier alpha value is -1.18. The van der Waals surface area contributed by atoms with Gasteiger partial charge in [0.1, 0.15) is 9.46 Å². The van der Waals surface area contributed by atoms with Crippen molar-refractivity contribution in [2.45, 2.75) is 14.4 Å². The van der Waals surface area contributed by atoms with Crippen molar-refractivity contribution in [3.05, 3.63) is 47.3 Å². The maximum absolute atomic E-state index is 12.5. The first-order valence-electron chi connectivity index (χ1n) is 5.52. The zero-order valence-electron chi connectivity index (χ0n) is 9.68. The maximum atomic E-state index is 12.5. The molecule has 0 saturated carbocycles. The van der Waals surface area contributed by atoms with E-state index in [2.05, 4.69) is 0 Å². The standard InChI is InChI=1S/C12H10O4S3/c13-18(14)8-11(9-4-1-2-5-10(9)18)19(15,16)12-6-3-7-17-12/h1-7,11H,8H2/t11-/m0/s1. The molecule has 1 aliphatic rings. The van der Waals surface area contributed by atoms with Crippen molar-refractivity contribution < 1.29 is 16.8 Å². The van der Waals surface area contributed by atoms with E-state index < -0.39 is 24.9 Å². The topological polar surface area (TPSA) is 68.3 Å². The molecule has 4 nitrogen and oxygen atoms in total. The summed E-state index contributed by atoms with van der Waals surface area (Å²) in [6.45, 7) is 0. The van der Waals surface area contributed by atoms with Crippen LogP contribution in [0, 0.1) is 0 Å². The predicted octanol–water partition coefficient (Wildman–Crippen LogP) is 2.05. The zero-order chi connectivity index (χ0) is 13.7. The van der Waals surface area contributed by atoms with E-state index in [1.165, 1.54) is 12.1 Å². The normalized spacial score (nSPS) is 21.2. The Morgan fingerprint density at radius 1 is 1.11 bits per heavy atom. The predicted molar refractivity (Wildman–Crippen MR) is 72.7 cm³/mol. The zero-order valence-corrected chi connectivity index (χ0v) is 12.1. The van der Waals surface area contributed by atoms with Gasteiger partial charge in [-0.2, -0.15) is 0 Å². The van der Waals surface area contributed by atoms with Gasteiger partial charge in [0.05, 0.1) is 10.6 Å². The first-order chi connectivity index (χ1) is 8.93. The van der Waals surface area contributed by atoms with Gasteiger partial charge in [-0.3, -0.25) is 0 Å². The summed E-state index contributed by atoms with van der Waals surface area (Å²) in [5, 5.41) is 0.676. The van der Waals surface area contributed by atoms with Gasteiger partial charge in [0.25, 0.3) is 0 Å². The molecular weight excluding hydrogens is 304 g/mol. The van der Waals surface area contributed by atoms with E-state index in [1.54, 1.807) is 29.6 Å². The molecular formula is C12H10O4S3. The van der Waals surface area contributed by atoms with Crippen LogP contribution in [-0.2, 0) is 19.7 Å². The van der Waals surface area contributed by atoms with E-state index in [0.29, 0.717) is 5.56 Å². The summed E-state index contributed by atoms with van der Waals surface area (Å²) in [7, 11) is -7.14. The highest BCUT2D eigenvalue weighted by Crippen LogP contribution is 2.41. The van der Waals surface area contributed by atoms with Gasteiger partial charge in [0, 0.05) is 0 Å². The molecule has 0 fully saturated rings. The smallest absolute Gasteiger partial charge is 0.195 e. The van der Waals surface area contributed by atoms with Crippen LogP contribution in [0.4, 0.5) is 0 Å². The van der Waals surface area contributed by atoms with Gasteiger partial charge in [-0.1, -0.05) is 24.3 Å². The summed E-state index contributed by atoms with van der Waals surface area (Å²) < 4.78 is 49.2. The van der Waals surface area contributed by atoms with Crippen molar-refractivity contribution >= 4 is 31.0 Å². The summed E-state index contributed by atoms with van der Waals surface area (Å²) in [4.78, 5) is 0.139. The Bertz CT molecular complexity index is 818. The van der Waals surface area contributed by atoms with Crippen LogP contribution in [0.3, 0.4) is 0 Å². The highest BCUT2D eigenvalue weighted by atomic mass is 32.2. The first kappa shape index (κ1) is 12.8. The second-order valence-corrected chi connectivity index (χ2v) is 9.59. The Balaban J connectivity index is 2.21. The van der Waals surface area contributed by atoms with Crippen molar-refractivity contribution in [1.82, 2.24) is 0 Å². The largest absolute Gasteiger partial charge is 0.224 e. The molecule has 2 heterocycles. The minimum atomic E-state index is -3.64. The number of hydrogen-bond donors (Lipinski definition) is 0. The van der Waals surface area contributed by atoms with Gasteiger partial charge in [-0.25, -0.2) is 16.8 Å². The number of hydrogen-bond acceptors (Lipinski definition) is 5. The third-order valence-corrected chi connectivity index (χ3v) is 8.66. The molecule has 0 amide bonds. The van der Waals surface area contributed by atoms with E-state index in [1.807, 2.05) is 0 Å². The summed E-state index contributed by atoms with van der Waals surface area (Å²) in [5.74, 6) is -0.368. The Labute approximate surface area is 115 Å². The van der Waals surface area contributed by atoms with E-state index in [0.717, 1.165) is 11.3 Å². The van der Waals surface area contributed by atoms with Crippen molar-refractivity contribution in [3.63, 3.8) is 0 Å². The Morgan fingerprint density at radius 3 is 2.53 bits per heavy atom. The highest BCUT2D eigenvalue weighted by Gasteiger charge is 2.42. The molecule has 100 valence electrons. The molecule has 7 heteroatoms. The first-order valence-corrected chi connectivity index (χ1v) is 9.60. The molecule has 0 saturated heterocycles. The number of benzene rings is 1. The molecule has 0 radical (unpaired) electrons. The van der Waals surface area contributed by atoms with Gasteiger partial charge in [0.2, 0.25) is 0 Å². The summed E-state index contributed by atoms with van der Waals surface area (Å²) >= 11 is 1.11. The fourth-order valence-electron chi connectivity index (χ4n) is 2.23. The Morgan fingerprint density at radius 2 is 1.84 bits per heavy atom. The van der Waals surface area contributed by atoms with Gasteiger partial charge in [-0.05, 0) is 23.1 Å². The number of rotatable bonds is 2. The lowest BCUT2D eigenvalue weighted by Gasteiger charge is -2.09. The van der Waals surface area contributed by atoms with Gasteiger partial charge >= 0.3 is 0 Å². The van der Waals surface area contributed by atoms with Crippen LogP contribution < -0.4 is 0 Å². The summed E-state index contributed by atoms with van der Waals surface area (Å²) in [5.41, 5.74) is 0.385. The molecule has 1 aliphatic heterocycles. The van der Waals surface area contributed by atoms with Crippen LogP contribution in [0.2, 0.25) is 0 Å². The average Bonchev–Trinajstić information content (AvgIpc) is 2.97. The quantitative estimate of drug-likeness (QED) is 0.851. The van der Waals surface area contributed by atoms with E-state index in [-0.39, 0.29) is 14.9 Å². The second kappa shape index (κ2) is 4.16. The van der Waals surface area contributed by atoms with Crippen LogP contribution >= 0.6 is 11.3 Å². The van der Waals surface area contributed by atoms with Crippen LogP contribution in [-0.4, -0.2) is 22.6 Å². The molecule has 1 aromatic carbocycles. The van der Waals surface area contributed by atoms with Gasteiger partial charge < -0.3 is 0 Å². The summed E-state index contributed by atoms with van der Waals surface area (Å²) in [6, 6.07) is 9.47. The van der Waals surface area contributed by atoms with Crippen molar-refractivity contribution in [3.8, 4) is 0 Å². The third kappa shape index (κ3) is 1.92. The van der Waals surface area contributed by atoms with E-state index in [4.69, 9.17) is 0 Å². The monoisotopic (exact) mass is 314 g/mol. The molecule has 0 bridgehead atoms. The number of thiophene rings is 1. The molecule has 1 atom stereocenters. The van der Waals surface area contributed by atoms with Gasteiger partial charge in [0.15, 0.2) is 19.7 Å². The molecule has 3 rings (SSSR count). The minimum Gasteiger partial charge on any atom is -0.224 e. The fourth-order valence-corrected chi connectivity index (χ4v) is 7.76. The van der Waals surface area contributed by atoms with Crippen molar-refractivity contribution in [2.24, 2.45) is 0 Å². The SMILES string of the molecule is O=S1(=O)C[C@H](S(=O)(=O)c2cccs2)c2ccccc21. The third-order valence-electron chi connectivity index (χ3n) is 3.12. The van der Waals surface area contributed by atoms with Crippen LogP contribution in [0.25, 0.3) is 0 Å². The lowest BCUT2D eigenvalue weighted by molar-refractivity contribution is 0.584. The molecule has 0 spiro atoms. The highest BCUT2D eigenvalue weighted by molar-refractivity contribution is 7.97. The molecule has 0 aliphatic carbocycles. The summed E-state index contributed by atoms with van der Waals surface area (Å²) in [6.07, 6.45) is 0. The lowest BCUT2D eigenvalue weighted by Crippen LogP contribution is -2.14. The number of sulfone groups is 2.